The van der Waals surface area contributed by atoms with Gasteiger partial charge in [-0.2, -0.15) is 5.10 Å². The number of nitrogens with one attached hydrogen (secondary N) is 2. The number of H-pyrrole nitrogens is 1. The summed E-state index contributed by atoms with van der Waals surface area (Å²) in [5.41, 5.74) is 5.98. The van der Waals surface area contributed by atoms with Gasteiger partial charge in [-0.1, -0.05) is 38.1 Å². The van der Waals surface area contributed by atoms with Crippen molar-refractivity contribution >= 4 is 23.2 Å². The zero-order valence-electron chi connectivity index (χ0n) is 23.4. The molecule has 0 unspecified atom stereocenters. The molecule has 1 aromatic carbocycles. The van der Waals surface area contributed by atoms with Crippen molar-refractivity contribution in [3.05, 3.63) is 82.1 Å². The van der Waals surface area contributed by atoms with Crippen LogP contribution < -0.4 is 10.9 Å². The zero-order valence-corrected chi connectivity index (χ0v) is 24.3. The highest BCUT2D eigenvalue weighted by atomic mass is 32.1. The summed E-state index contributed by atoms with van der Waals surface area (Å²) in [6.07, 6.45) is 4.27. The van der Waals surface area contributed by atoms with E-state index in [9.17, 15) is 19.5 Å². The van der Waals surface area contributed by atoms with Crippen molar-refractivity contribution in [3.63, 3.8) is 0 Å². The van der Waals surface area contributed by atoms with Crippen LogP contribution in [0.3, 0.4) is 0 Å². The zero-order chi connectivity index (χ0) is 29.3. The molecule has 1 fully saturated rings. The Morgan fingerprint density at radius 2 is 1.88 bits per heavy atom. The molecule has 1 saturated heterocycles. The monoisotopic (exact) mass is 574 g/mol. The number of carbonyl (C=O) groups is 2. The van der Waals surface area contributed by atoms with E-state index < -0.39 is 18.2 Å². The number of aryl methyl sites for hydroxylation is 1. The summed E-state index contributed by atoms with van der Waals surface area (Å²) in [6.45, 7) is 7.78. The van der Waals surface area contributed by atoms with Crippen LogP contribution in [0.4, 0.5) is 0 Å². The quantitative estimate of drug-likeness (QED) is 0.294. The molecule has 3 aromatic heterocycles. The summed E-state index contributed by atoms with van der Waals surface area (Å²) in [5.74, 6) is -0.735. The number of β-amino-alcohol motifs (C(OH)–C–C–N with tert-alkyl or cyclic N) is 1. The molecule has 1 aliphatic heterocycles. The molecule has 3 N–H and O–H groups in total. The molecule has 0 saturated carbocycles. The van der Waals surface area contributed by atoms with Crippen LogP contribution in [0.15, 0.2) is 65.3 Å². The topological polar surface area (TPSA) is 133 Å². The molecular weight excluding hydrogens is 540 g/mol. The van der Waals surface area contributed by atoms with Crippen LogP contribution in [0.5, 0.6) is 0 Å². The Morgan fingerprint density at radius 3 is 2.54 bits per heavy atom. The maximum Gasteiger partial charge on any atom is 0.248 e. The summed E-state index contributed by atoms with van der Waals surface area (Å²) >= 11 is 1.59. The Hall–Kier alpha value is -4.09. The van der Waals surface area contributed by atoms with Crippen LogP contribution in [0, 0.1) is 12.8 Å². The predicted molar refractivity (Wildman–Crippen MR) is 157 cm³/mol. The number of rotatable bonds is 8. The predicted octanol–water partition coefficient (Wildman–Crippen LogP) is 3.71. The number of thiazole rings is 1. The van der Waals surface area contributed by atoms with Crippen LogP contribution in [0.25, 0.3) is 21.6 Å². The normalized spacial score (nSPS) is 18.4. The van der Waals surface area contributed by atoms with Gasteiger partial charge in [-0.3, -0.25) is 19.1 Å². The lowest BCUT2D eigenvalue weighted by Gasteiger charge is -2.30. The van der Waals surface area contributed by atoms with Crippen LogP contribution in [-0.4, -0.2) is 60.3 Å². The molecule has 214 valence electrons. The number of carbonyl (C=O) groups excluding carboxylic acids is 2. The van der Waals surface area contributed by atoms with E-state index in [1.54, 1.807) is 40.7 Å². The van der Waals surface area contributed by atoms with Gasteiger partial charge in [0.25, 0.3) is 0 Å². The number of hydrogen-bond donors (Lipinski definition) is 3. The Labute approximate surface area is 242 Å². The Kier molecular flexibility index (Phi) is 8.18. The van der Waals surface area contributed by atoms with E-state index >= 15 is 0 Å². The van der Waals surface area contributed by atoms with Crippen LogP contribution in [0.2, 0.25) is 0 Å². The average Bonchev–Trinajstić information content (AvgIpc) is 3.69. The van der Waals surface area contributed by atoms with E-state index in [1.807, 2.05) is 57.5 Å². The lowest BCUT2D eigenvalue weighted by molar-refractivity contribution is -0.142. The molecule has 1 aliphatic rings. The lowest BCUT2D eigenvalue weighted by Crippen LogP contribution is -2.49. The number of aromatic nitrogens is 4. The van der Waals surface area contributed by atoms with E-state index in [2.05, 4.69) is 20.4 Å². The van der Waals surface area contributed by atoms with Crippen molar-refractivity contribution < 1.29 is 14.7 Å². The maximum atomic E-state index is 13.9. The SMILES string of the molecule is Cc1ncsc1-c1ccc([C@H](C)NC(=O)[C@@H]2C[C@@H](O)CN2C(=O)[C@H](C(C)C)n2cc(-c3cc[nH]c(=O)c3)cn2)cc1. The fourth-order valence-electron chi connectivity index (χ4n) is 5.34. The van der Waals surface area contributed by atoms with Crippen molar-refractivity contribution in [3.8, 4) is 21.6 Å². The number of nitrogens with zero attached hydrogens (tertiary/aromatic N) is 4. The van der Waals surface area contributed by atoms with Gasteiger partial charge in [-0.25, -0.2) is 4.98 Å². The Balaban J connectivity index is 1.31. The van der Waals surface area contributed by atoms with E-state index in [1.165, 1.54) is 11.0 Å². The minimum atomic E-state index is -0.803. The molecule has 11 heteroatoms. The third-order valence-corrected chi connectivity index (χ3v) is 8.50. The molecule has 41 heavy (non-hydrogen) atoms. The van der Waals surface area contributed by atoms with Crippen molar-refractivity contribution in [2.24, 2.45) is 5.92 Å². The molecular formula is C30H34N6O4S. The van der Waals surface area contributed by atoms with Gasteiger partial charge in [0.05, 0.1) is 34.4 Å². The van der Waals surface area contributed by atoms with E-state index in [0.29, 0.717) is 11.1 Å². The van der Waals surface area contributed by atoms with Crippen LogP contribution >= 0.6 is 11.3 Å². The molecule has 10 nitrogen and oxygen atoms in total. The largest absolute Gasteiger partial charge is 0.391 e. The number of benzene rings is 1. The summed E-state index contributed by atoms with van der Waals surface area (Å²) < 4.78 is 1.58. The highest BCUT2D eigenvalue weighted by Gasteiger charge is 2.42. The summed E-state index contributed by atoms with van der Waals surface area (Å²) in [5, 5.41) is 18.0. The third-order valence-electron chi connectivity index (χ3n) is 7.52. The minimum Gasteiger partial charge on any atom is -0.391 e. The first-order chi connectivity index (χ1) is 19.6. The number of aliphatic hydroxyl groups excluding tert-OH is 1. The maximum absolute atomic E-state index is 13.9. The number of aliphatic hydroxyl groups is 1. The molecule has 0 radical (unpaired) electrons. The Morgan fingerprint density at radius 1 is 1.12 bits per heavy atom. The Bertz CT molecular complexity index is 1590. The summed E-state index contributed by atoms with van der Waals surface area (Å²) in [4.78, 5) is 48.6. The van der Waals surface area contributed by atoms with Gasteiger partial charge in [-0.05, 0) is 42.5 Å². The second kappa shape index (κ2) is 11.8. The summed E-state index contributed by atoms with van der Waals surface area (Å²) in [7, 11) is 0. The molecule has 0 spiro atoms. The number of hydrogen-bond acceptors (Lipinski definition) is 7. The van der Waals surface area contributed by atoms with Gasteiger partial charge in [-0.15, -0.1) is 11.3 Å². The fraction of sp³-hybridized carbons (Fsp3) is 0.367. The highest BCUT2D eigenvalue weighted by molar-refractivity contribution is 7.13. The molecule has 4 atom stereocenters. The van der Waals surface area contributed by atoms with Gasteiger partial charge in [0.1, 0.15) is 12.1 Å². The molecule has 0 aliphatic carbocycles. The molecule has 5 rings (SSSR count). The smallest absolute Gasteiger partial charge is 0.248 e. The first-order valence-corrected chi connectivity index (χ1v) is 14.5. The van der Waals surface area contributed by atoms with Crippen molar-refractivity contribution in [1.82, 2.24) is 30.0 Å². The van der Waals surface area contributed by atoms with E-state index in [0.717, 1.165) is 21.7 Å². The van der Waals surface area contributed by atoms with Crippen LogP contribution in [0.1, 0.15) is 50.5 Å². The second-order valence-corrected chi connectivity index (χ2v) is 11.7. The van der Waals surface area contributed by atoms with Gasteiger partial charge < -0.3 is 20.3 Å². The number of pyridine rings is 1. The van der Waals surface area contributed by atoms with Crippen molar-refractivity contribution in [1.29, 1.82) is 0 Å². The first kappa shape index (κ1) is 28.4. The molecule has 4 heterocycles. The molecule has 2 amide bonds. The fourth-order valence-corrected chi connectivity index (χ4v) is 6.15. The molecule has 4 aromatic rings. The number of amides is 2. The number of likely N-dealkylation sites (tertiary alicyclic amines) is 1. The average molecular weight is 575 g/mol. The van der Waals surface area contributed by atoms with Crippen LogP contribution in [-0.2, 0) is 9.59 Å². The van der Waals surface area contributed by atoms with E-state index in [-0.39, 0.29) is 42.3 Å². The van der Waals surface area contributed by atoms with Crippen molar-refractivity contribution in [2.75, 3.05) is 6.54 Å². The lowest BCUT2D eigenvalue weighted by atomic mass is 10.0. The standard InChI is InChI=1S/C30H34N6O4S/c1-17(2)27(36-14-23(13-33-36)22-9-10-31-26(38)11-22)30(40)35-15-24(37)12-25(35)29(39)34-18(3)20-5-7-21(8-6-20)28-19(4)32-16-41-28/h5-11,13-14,16-18,24-25,27,37H,12,15H2,1-4H3,(H,31,38)(H,34,39)/t18-,24+,25-,27-/m0/s1. The van der Waals surface area contributed by atoms with Crippen molar-refractivity contribution in [2.45, 2.75) is 58.3 Å². The molecule has 0 bridgehead atoms. The van der Waals surface area contributed by atoms with Gasteiger partial charge >= 0.3 is 0 Å². The van der Waals surface area contributed by atoms with E-state index in [4.69, 9.17) is 0 Å². The van der Waals surface area contributed by atoms with Gasteiger partial charge in [0, 0.05) is 37.0 Å². The highest BCUT2D eigenvalue weighted by Crippen LogP contribution is 2.30. The van der Waals surface area contributed by atoms with Gasteiger partial charge in [0.15, 0.2) is 0 Å². The minimum absolute atomic E-state index is 0.0691. The first-order valence-electron chi connectivity index (χ1n) is 13.6. The third kappa shape index (κ3) is 6.01. The van der Waals surface area contributed by atoms with Gasteiger partial charge in [0.2, 0.25) is 17.4 Å². The number of aromatic amines is 1. The summed E-state index contributed by atoms with van der Waals surface area (Å²) in [6, 6.07) is 9.45. The second-order valence-electron chi connectivity index (χ2n) is 10.9.